The highest BCUT2D eigenvalue weighted by molar-refractivity contribution is 6.01. The third kappa shape index (κ3) is 3.21. The van der Waals surface area contributed by atoms with Crippen molar-refractivity contribution in [2.24, 2.45) is 0 Å². The molecule has 0 aromatic heterocycles. The van der Waals surface area contributed by atoms with Crippen LogP contribution >= 0.6 is 0 Å². The molecular formula is C23H17FN2O2. The van der Waals surface area contributed by atoms with Gasteiger partial charge in [-0.15, -0.1) is 0 Å². The van der Waals surface area contributed by atoms with Gasteiger partial charge in [0.05, 0.1) is 11.1 Å². The van der Waals surface area contributed by atoms with Crippen LogP contribution in [0, 0.1) is 24.1 Å². The molecule has 4 nitrogen and oxygen atoms in total. The lowest BCUT2D eigenvalue weighted by atomic mass is 10.1. The molecular weight excluding hydrogens is 355 g/mol. The molecule has 0 aliphatic carbocycles. The van der Waals surface area contributed by atoms with E-state index in [1.807, 2.05) is 43.3 Å². The smallest absolute Gasteiger partial charge is 0.258 e. The topological polar surface area (TPSA) is 53.3 Å². The van der Waals surface area contributed by atoms with E-state index in [1.54, 1.807) is 17.0 Å². The van der Waals surface area contributed by atoms with Crippen molar-refractivity contribution in [1.82, 2.24) is 4.90 Å². The lowest BCUT2D eigenvalue weighted by Gasteiger charge is -2.16. The number of halogens is 1. The van der Waals surface area contributed by atoms with Crippen molar-refractivity contribution >= 4 is 5.91 Å². The Bertz CT molecular complexity index is 1100. The molecule has 0 bridgehead atoms. The summed E-state index contributed by atoms with van der Waals surface area (Å²) in [4.78, 5) is 14.7. The summed E-state index contributed by atoms with van der Waals surface area (Å²) >= 11 is 0. The zero-order valence-electron chi connectivity index (χ0n) is 15.3. The maximum atomic E-state index is 14.2. The van der Waals surface area contributed by atoms with Crippen LogP contribution < -0.4 is 4.74 Å². The minimum Gasteiger partial charge on any atom is -0.452 e. The second-order valence-corrected chi connectivity index (χ2v) is 6.77. The van der Waals surface area contributed by atoms with Gasteiger partial charge in [-0.1, -0.05) is 48.0 Å². The first-order chi connectivity index (χ1) is 13.6. The summed E-state index contributed by atoms with van der Waals surface area (Å²) in [5.74, 6) is -0.710. The lowest BCUT2D eigenvalue weighted by molar-refractivity contribution is 0.0765. The van der Waals surface area contributed by atoms with Gasteiger partial charge in [0.1, 0.15) is 11.8 Å². The largest absolute Gasteiger partial charge is 0.452 e. The van der Waals surface area contributed by atoms with E-state index < -0.39 is 5.82 Å². The molecule has 4 rings (SSSR count). The molecule has 0 spiro atoms. The Hall–Kier alpha value is -3.65. The lowest BCUT2D eigenvalue weighted by Crippen LogP contribution is -2.23. The summed E-state index contributed by atoms with van der Waals surface area (Å²) in [6.07, 6.45) is 0. The number of hydrogen-bond acceptors (Lipinski definition) is 3. The highest BCUT2D eigenvalue weighted by atomic mass is 19.1. The van der Waals surface area contributed by atoms with Gasteiger partial charge in [0.2, 0.25) is 0 Å². The molecule has 5 heteroatoms. The number of ether oxygens (including phenoxy) is 1. The molecule has 0 saturated heterocycles. The van der Waals surface area contributed by atoms with Crippen molar-refractivity contribution < 1.29 is 13.9 Å². The van der Waals surface area contributed by atoms with Crippen LogP contribution in [0.3, 0.4) is 0 Å². The highest BCUT2D eigenvalue weighted by Gasteiger charge is 2.31. The molecule has 28 heavy (non-hydrogen) atoms. The van der Waals surface area contributed by atoms with Gasteiger partial charge in [-0.25, -0.2) is 4.39 Å². The molecule has 0 unspecified atom stereocenters. The van der Waals surface area contributed by atoms with Crippen LogP contribution in [0.25, 0.3) is 0 Å². The SMILES string of the molecule is Cc1ccc(CN2Cc3cccc(Oc4c(F)cccc4C#N)c3C2=O)cc1. The van der Waals surface area contributed by atoms with E-state index in [2.05, 4.69) is 0 Å². The van der Waals surface area contributed by atoms with Crippen LogP contribution in [-0.2, 0) is 13.1 Å². The summed E-state index contributed by atoms with van der Waals surface area (Å²) in [5, 5.41) is 9.22. The number of nitrogens with zero attached hydrogens (tertiary/aromatic N) is 2. The number of amides is 1. The number of para-hydroxylation sites is 1. The van der Waals surface area contributed by atoms with Gasteiger partial charge in [-0.3, -0.25) is 4.79 Å². The molecule has 1 aliphatic rings. The first-order valence-corrected chi connectivity index (χ1v) is 8.90. The van der Waals surface area contributed by atoms with Crippen molar-refractivity contribution in [2.75, 3.05) is 0 Å². The normalized spacial score (nSPS) is 12.6. The summed E-state index contributed by atoms with van der Waals surface area (Å²) in [5.41, 5.74) is 3.52. The van der Waals surface area contributed by atoms with Crippen molar-refractivity contribution in [1.29, 1.82) is 5.26 Å². The number of carbonyl (C=O) groups is 1. The van der Waals surface area contributed by atoms with Crippen LogP contribution in [-0.4, -0.2) is 10.8 Å². The van der Waals surface area contributed by atoms with Crippen molar-refractivity contribution in [3.8, 4) is 17.6 Å². The Labute approximate surface area is 162 Å². The number of aryl methyl sites for hydroxylation is 1. The molecule has 0 radical (unpaired) electrons. The summed E-state index contributed by atoms with van der Waals surface area (Å²) in [7, 11) is 0. The summed E-state index contributed by atoms with van der Waals surface area (Å²) in [6.45, 7) is 2.96. The van der Waals surface area contributed by atoms with E-state index in [4.69, 9.17) is 4.74 Å². The van der Waals surface area contributed by atoms with Crippen LogP contribution in [0.15, 0.2) is 60.7 Å². The highest BCUT2D eigenvalue weighted by Crippen LogP contribution is 2.36. The van der Waals surface area contributed by atoms with Gasteiger partial charge >= 0.3 is 0 Å². The average Bonchev–Trinajstić information content (AvgIpc) is 3.01. The predicted octanol–water partition coefficient (Wildman–Crippen LogP) is 4.95. The second kappa shape index (κ2) is 7.16. The van der Waals surface area contributed by atoms with E-state index in [-0.39, 0.29) is 23.0 Å². The molecule has 3 aromatic rings. The molecule has 0 fully saturated rings. The van der Waals surface area contributed by atoms with Crippen LogP contribution in [0.5, 0.6) is 11.5 Å². The van der Waals surface area contributed by atoms with E-state index in [1.165, 1.54) is 18.2 Å². The second-order valence-electron chi connectivity index (χ2n) is 6.77. The van der Waals surface area contributed by atoms with E-state index >= 15 is 0 Å². The Kier molecular flexibility index (Phi) is 4.54. The van der Waals surface area contributed by atoms with Crippen molar-refractivity contribution in [3.05, 3.63) is 94.3 Å². The van der Waals surface area contributed by atoms with E-state index in [9.17, 15) is 14.4 Å². The molecule has 1 aliphatic heterocycles. The number of fused-ring (bicyclic) bond motifs is 1. The monoisotopic (exact) mass is 372 g/mol. The summed E-state index contributed by atoms with van der Waals surface area (Å²) < 4.78 is 19.9. The fourth-order valence-electron chi connectivity index (χ4n) is 3.32. The Morgan fingerprint density at radius 1 is 1.11 bits per heavy atom. The van der Waals surface area contributed by atoms with Gasteiger partial charge in [0.25, 0.3) is 5.91 Å². The van der Waals surface area contributed by atoms with Gasteiger partial charge in [0, 0.05) is 13.1 Å². The van der Waals surface area contributed by atoms with Gasteiger partial charge in [0.15, 0.2) is 11.6 Å². The minimum atomic E-state index is -0.640. The molecule has 0 N–H and O–H groups in total. The van der Waals surface area contributed by atoms with Crippen molar-refractivity contribution in [2.45, 2.75) is 20.0 Å². The van der Waals surface area contributed by atoms with Gasteiger partial charge in [-0.2, -0.15) is 5.26 Å². The number of benzene rings is 3. The maximum Gasteiger partial charge on any atom is 0.258 e. The summed E-state index contributed by atoms with van der Waals surface area (Å²) in [6, 6.07) is 19.4. The minimum absolute atomic E-state index is 0.0829. The van der Waals surface area contributed by atoms with Crippen molar-refractivity contribution in [3.63, 3.8) is 0 Å². The molecule has 0 saturated carbocycles. The number of hydrogen-bond donors (Lipinski definition) is 0. The molecule has 1 amide bonds. The molecule has 0 atom stereocenters. The quantitative estimate of drug-likeness (QED) is 0.651. The standard InChI is InChI=1S/C23H17FN2O2/c1-15-8-10-16(11-9-15)13-26-14-18-5-3-7-20(21(18)23(26)27)28-22-17(12-25)4-2-6-19(22)24/h2-11H,13-14H2,1H3. The number of rotatable bonds is 4. The van der Waals surface area contributed by atoms with Gasteiger partial charge < -0.3 is 9.64 Å². The molecule has 138 valence electrons. The first kappa shape index (κ1) is 17.7. The zero-order chi connectivity index (χ0) is 19.7. The average molecular weight is 372 g/mol. The molecule has 3 aromatic carbocycles. The van der Waals surface area contributed by atoms with Crippen LogP contribution in [0.4, 0.5) is 4.39 Å². The fraction of sp³-hybridized carbons (Fsp3) is 0.130. The van der Waals surface area contributed by atoms with Gasteiger partial charge in [-0.05, 0) is 36.2 Å². The third-order valence-electron chi connectivity index (χ3n) is 4.77. The Morgan fingerprint density at radius 2 is 1.86 bits per heavy atom. The predicted molar refractivity (Wildman–Crippen MR) is 102 cm³/mol. The number of nitriles is 1. The van der Waals surface area contributed by atoms with E-state index in [0.717, 1.165) is 16.7 Å². The third-order valence-corrected chi connectivity index (χ3v) is 4.77. The Morgan fingerprint density at radius 3 is 2.61 bits per heavy atom. The zero-order valence-corrected chi connectivity index (χ0v) is 15.3. The molecule has 1 heterocycles. The van der Waals surface area contributed by atoms with Crippen LogP contribution in [0.1, 0.15) is 32.6 Å². The number of carbonyl (C=O) groups excluding carboxylic acids is 1. The van der Waals surface area contributed by atoms with Crippen LogP contribution in [0.2, 0.25) is 0 Å². The fourth-order valence-corrected chi connectivity index (χ4v) is 3.32. The maximum absolute atomic E-state index is 14.2. The van der Waals surface area contributed by atoms with E-state index in [0.29, 0.717) is 18.7 Å². The first-order valence-electron chi connectivity index (χ1n) is 8.90. The Balaban J connectivity index is 1.64.